The molecule has 0 radical (unpaired) electrons. The predicted molar refractivity (Wildman–Crippen MR) is 124 cm³/mol. The van der Waals surface area contributed by atoms with Crippen LogP contribution >= 0.6 is 0 Å². The lowest BCUT2D eigenvalue weighted by Crippen LogP contribution is -2.28. The number of carbonyl (C=O) groups is 1. The summed E-state index contributed by atoms with van der Waals surface area (Å²) < 4.78 is 23.9. The molecule has 0 saturated heterocycles. The Morgan fingerprint density at radius 2 is 1.94 bits per heavy atom. The van der Waals surface area contributed by atoms with Gasteiger partial charge in [0, 0.05) is 24.6 Å². The van der Waals surface area contributed by atoms with Gasteiger partial charge in [-0.3, -0.25) is 10.2 Å². The first-order valence-corrected chi connectivity index (χ1v) is 11.9. The van der Waals surface area contributed by atoms with Gasteiger partial charge in [0.1, 0.15) is 16.2 Å². The second-order valence-corrected chi connectivity index (χ2v) is 9.34. The van der Waals surface area contributed by atoms with Crippen molar-refractivity contribution in [2.75, 3.05) is 24.0 Å². The number of hydrazone groups is 1. The van der Waals surface area contributed by atoms with Crippen molar-refractivity contribution in [2.45, 2.75) is 0 Å². The molecule has 4 aromatic rings. The molecular weight excluding hydrogens is 444 g/mol. The van der Waals surface area contributed by atoms with Gasteiger partial charge in [-0.1, -0.05) is 18.2 Å². The number of hydrogen-bond acceptors (Lipinski definition) is 9. The number of benzene rings is 1. The van der Waals surface area contributed by atoms with Crippen molar-refractivity contribution in [2.24, 2.45) is 5.10 Å². The van der Waals surface area contributed by atoms with E-state index in [1.54, 1.807) is 47.6 Å². The number of aromatic nitrogens is 5. The highest BCUT2D eigenvalue weighted by Gasteiger charge is 2.11. The minimum absolute atomic E-state index is 0.0646. The summed E-state index contributed by atoms with van der Waals surface area (Å²) in [5.74, 6) is 0.682. The molecule has 0 fully saturated rings. The molecule has 0 spiro atoms. The molecule has 0 unspecified atom stereocenters. The van der Waals surface area contributed by atoms with Crippen LogP contribution in [0.3, 0.4) is 0 Å². The summed E-state index contributed by atoms with van der Waals surface area (Å²) in [6, 6.07) is 12.2. The normalized spacial score (nSPS) is 11.7. The van der Waals surface area contributed by atoms with Crippen LogP contribution in [0.25, 0.3) is 16.9 Å². The molecule has 2 N–H and O–H groups in total. The first-order valence-electron chi connectivity index (χ1n) is 9.86. The maximum Gasteiger partial charge on any atom is 0.251 e. The summed E-state index contributed by atoms with van der Waals surface area (Å²) in [7, 11) is -3.13. The second-order valence-electron chi connectivity index (χ2n) is 7.08. The van der Waals surface area contributed by atoms with Gasteiger partial charge in [-0.15, -0.1) is 0 Å². The Morgan fingerprint density at radius 1 is 1.12 bits per heavy atom. The minimum Gasteiger partial charge on any atom is -0.351 e. The molecule has 0 aliphatic heterocycles. The number of nitrogens with zero attached hydrogens (tertiary/aromatic N) is 6. The fraction of sp³-hybridized carbons (Fsp3) is 0.143. The number of hydrogen-bond donors (Lipinski definition) is 2. The SMILES string of the molecule is CS(=O)(=O)CCNC(=O)c1ccc(/C=N\Nc2ncnc3c2cnn3-c2ccccn2)cc1. The van der Waals surface area contributed by atoms with Gasteiger partial charge in [0.25, 0.3) is 5.91 Å². The van der Waals surface area contributed by atoms with E-state index in [4.69, 9.17) is 0 Å². The fourth-order valence-electron chi connectivity index (χ4n) is 2.92. The highest BCUT2D eigenvalue weighted by molar-refractivity contribution is 7.90. The van der Waals surface area contributed by atoms with Crippen molar-refractivity contribution < 1.29 is 13.2 Å². The van der Waals surface area contributed by atoms with E-state index in [1.807, 2.05) is 18.2 Å². The number of sulfone groups is 1. The molecule has 1 amide bonds. The van der Waals surface area contributed by atoms with Crippen LogP contribution in [0.4, 0.5) is 5.82 Å². The topological polar surface area (TPSA) is 144 Å². The highest BCUT2D eigenvalue weighted by Crippen LogP contribution is 2.20. The Morgan fingerprint density at radius 3 is 2.67 bits per heavy atom. The maximum absolute atomic E-state index is 12.1. The van der Waals surface area contributed by atoms with Crippen LogP contribution in [0, 0.1) is 0 Å². The van der Waals surface area contributed by atoms with E-state index in [9.17, 15) is 13.2 Å². The number of rotatable bonds is 8. The molecule has 0 aliphatic carbocycles. The van der Waals surface area contributed by atoms with Crippen molar-refractivity contribution in [1.82, 2.24) is 30.0 Å². The van der Waals surface area contributed by atoms with Crippen molar-refractivity contribution in [3.8, 4) is 5.82 Å². The number of anilines is 1. The lowest BCUT2D eigenvalue weighted by atomic mass is 10.1. The number of amides is 1. The first-order chi connectivity index (χ1) is 15.9. The summed E-state index contributed by atoms with van der Waals surface area (Å²) in [6.45, 7) is 0.0646. The first kappa shape index (κ1) is 22.0. The molecule has 4 rings (SSSR count). The standard InChI is InChI=1S/C21H20N8O3S/c1-33(31,32)11-10-23-21(30)16-7-5-15(6-8-16)12-26-28-19-17-13-27-29(20(17)25-14-24-19)18-4-2-3-9-22-18/h2-9,12-14H,10-11H2,1H3,(H,23,30)(H,24,25,28)/b26-12-. The van der Waals surface area contributed by atoms with E-state index in [2.05, 4.69) is 35.9 Å². The third-order valence-corrected chi connectivity index (χ3v) is 5.49. The third-order valence-electron chi connectivity index (χ3n) is 4.55. The number of nitrogens with one attached hydrogen (secondary N) is 2. The minimum atomic E-state index is -3.13. The van der Waals surface area contributed by atoms with Crippen LogP contribution in [-0.4, -0.2) is 63.8 Å². The fourth-order valence-corrected chi connectivity index (χ4v) is 3.39. The van der Waals surface area contributed by atoms with Gasteiger partial charge in [-0.25, -0.2) is 23.4 Å². The van der Waals surface area contributed by atoms with E-state index in [-0.39, 0.29) is 18.2 Å². The Bertz CT molecular complexity index is 1400. The second kappa shape index (κ2) is 9.53. The van der Waals surface area contributed by atoms with E-state index in [1.165, 1.54) is 6.33 Å². The smallest absolute Gasteiger partial charge is 0.251 e. The van der Waals surface area contributed by atoms with Crippen molar-refractivity contribution >= 4 is 38.8 Å². The monoisotopic (exact) mass is 464 g/mol. The molecular formula is C21H20N8O3S. The molecule has 33 heavy (non-hydrogen) atoms. The third kappa shape index (κ3) is 5.54. The van der Waals surface area contributed by atoms with Crippen molar-refractivity contribution in [3.63, 3.8) is 0 Å². The van der Waals surface area contributed by atoms with Gasteiger partial charge >= 0.3 is 0 Å². The highest BCUT2D eigenvalue weighted by atomic mass is 32.2. The summed E-state index contributed by atoms with van der Waals surface area (Å²) >= 11 is 0. The van der Waals surface area contributed by atoms with Crippen LogP contribution in [-0.2, 0) is 9.84 Å². The van der Waals surface area contributed by atoms with Gasteiger partial charge < -0.3 is 5.32 Å². The molecule has 3 aromatic heterocycles. The molecule has 1 aromatic carbocycles. The lowest BCUT2D eigenvalue weighted by Gasteiger charge is -2.05. The van der Waals surface area contributed by atoms with Gasteiger partial charge in [0.05, 0.1) is 23.6 Å². The van der Waals surface area contributed by atoms with Gasteiger partial charge in [0.2, 0.25) is 0 Å². The zero-order valence-corrected chi connectivity index (χ0v) is 18.4. The molecule has 11 nitrogen and oxygen atoms in total. The summed E-state index contributed by atoms with van der Waals surface area (Å²) in [6.07, 6.45) is 7.44. The molecule has 0 saturated carbocycles. The molecule has 0 bridgehead atoms. The van der Waals surface area contributed by atoms with Gasteiger partial charge in [0.15, 0.2) is 17.3 Å². The zero-order valence-electron chi connectivity index (χ0n) is 17.6. The zero-order chi connectivity index (χ0) is 23.3. The molecule has 0 atom stereocenters. The maximum atomic E-state index is 12.1. The molecule has 12 heteroatoms. The molecule has 168 valence electrons. The average molecular weight is 465 g/mol. The van der Waals surface area contributed by atoms with Gasteiger partial charge in [-0.05, 0) is 29.8 Å². The van der Waals surface area contributed by atoms with Crippen LogP contribution in [0.5, 0.6) is 0 Å². The van der Waals surface area contributed by atoms with Crippen molar-refractivity contribution in [1.29, 1.82) is 0 Å². The van der Waals surface area contributed by atoms with Gasteiger partial charge in [-0.2, -0.15) is 14.9 Å². The number of pyridine rings is 1. The van der Waals surface area contributed by atoms with Crippen LogP contribution in [0.1, 0.15) is 15.9 Å². The van der Waals surface area contributed by atoms with E-state index < -0.39 is 9.84 Å². The Balaban J connectivity index is 1.41. The molecule has 0 aliphatic rings. The molecule has 3 heterocycles. The number of carbonyl (C=O) groups excluding carboxylic acids is 1. The average Bonchev–Trinajstić information content (AvgIpc) is 3.24. The van der Waals surface area contributed by atoms with E-state index in [0.717, 1.165) is 11.8 Å². The van der Waals surface area contributed by atoms with Crippen LogP contribution in [0.15, 0.2) is 66.3 Å². The quantitative estimate of drug-likeness (QED) is 0.294. The van der Waals surface area contributed by atoms with E-state index >= 15 is 0 Å². The lowest BCUT2D eigenvalue weighted by molar-refractivity contribution is 0.0956. The van der Waals surface area contributed by atoms with Crippen LogP contribution < -0.4 is 10.7 Å². The van der Waals surface area contributed by atoms with E-state index in [0.29, 0.717) is 28.2 Å². The van der Waals surface area contributed by atoms with Crippen LogP contribution in [0.2, 0.25) is 0 Å². The Kier molecular flexibility index (Phi) is 6.36. The largest absolute Gasteiger partial charge is 0.351 e. The summed E-state index contributed by atoms with van der Waals surface area (Å²) in [5.41, 5.74) is 4.66. The Hall–Kier alpha value is -4.19. The Labute approximate surface area is 189 Å². The number of fused-ring (bicyclic) bond motifs is 1. The summed E-state index contributed by atoms with van der Waals surface area (Å²) in [4.78, 5) is 24.9. The summed E-state index contributed by atoms with van der Waals surface area (Å²) in [5, 5.41) is 11.8. The predicted octanol–water partition coefficient (Wildman–Crippen LogP) is 1.43. The van der Waals surface area contributed by atoms with Crippen molar-refractivity contribution in [3.05, 3.63) is 72.3 Å².